The third kappa shape index (κ3) is 5.14. The number of ether oxygens (including phenoxy) is 2. The first-order chi connectivity index (χ1) is 11.6. The molecule has 24 heavy (non-hydrogen) atoms. The van der Waals surface area contributed by atoms with E-state index in [2.05, 4.69) is 11.9 Å². The van der Waals surface area contributed by atoms with Crippen LogP contribution >= 0.6 is 0 Å². The van der Waals surface area contributed by atoms with Gasteiger partial charge in [-0.25, -0.2) is 4.79 Å². The van der Waals surface area contributed by atoms with Crippen LogP contribution in [0.2, 0.25) is 0 Å². The van der Waals surface area contributed by atoms with Gasteiger partial charge in [0.1, 0.15) is 11.5 Å². The molecule has 1 N–H and O–H groups in total. The molecule has 0 aliphatic rings. The van der Waals surface area contributed by atoms with Gasteiger partial charge in [-0.2, -0.15) is 0 Å². The highest BCUT2D eigenvalue weighted by molar-refractivity contribution is 6.01. The maximum Gasteiger partial charge on any atom is 0.335 e. The van der Waals surface area contributed by atoms with Crippen molar-refractivity contribution in [2.24, 2.45) is 0 Å². The summed E-state index contributed by atoms with van der Waals surface area (Å²) >= 11 is 0. The lowest BCUT2D eigenvalue weighted by atomic mass is 10.2. The highest BCUT2D eigenvalue weighted by Gasteiger charge is 2.00. The molecule has 5 nitrogen and oxygen atoms in total. The number of methoxy groups -OCH3 is 1. The summed E-state index contributed by atoms with van der Waals surface area (Å²) in [5, 5.41) is 2.75. The van der Waals surface area contributed by atoms with Gasteiger partial charge in [0, 0.05) is 17.8 Å². The summed E-state index contributed by atoms with van der Waals surface area (Å²) in [6.45, 7) is 3.33. The normalized spacial score (nSPS) is 10.2. The van der Waals surface area contributed by atoms with Crippen LogP contribution in [-0.2, 0) is 9.59 Å². The van der Waals surface area contributed by atoms with Crippen molar-refractivity contribution >= 4 is 23.6 Å². The molecule has 1 amide bonds. The van der Waals surface area contributed by atoms with Gasteiger partial charge in [-0.05, 0) is 48.0 Å². The maximum absolute atomic E-state index is 11.9. The molecule has 0 fully saturated rings. The Balaban J connectivity index is 1.92. The zero-order valence-electron chi connectivity index (χ0n) is 13.2. The Morgan fingerprint density at radius 3 is 2.21 bits per heavy atom. The Hall–Kier alpha value is -3.34. The second-order valence-corrected chi connectivity index (χ2v) is 4.75. The third-order valence-electron chi connectivity index (χ3n) is 3.05. The van der Waals surface area contributed by atoms with Gasteiger partial charge in [-0.15, -0.1) is 0 Å². The van der Waals surface area contributed by atoms with Crippen LogP contribution < -0.4 is 14.8 Å². The van der Waals surface area contributed by atoms with E-state index in [0.29, 0.717) is 11.4 Å². The molecule has 2 aromatic rings. The average molecular weight is 323 g/mol. The van der Waals surface area contributed by atoms with Crippen molar-refractivity contribution < 1.29 is 19.1 Å². The monoisotopic (exact) mass is 323 g/mol. The van der Waals surface area contributed by atoms with E-state index in [-0.39, 0.29) is 5.91 Å². The molecule has 0 aromatic heterocycles. The Labute approximate surface area is 140 Å². The van der Waals surface area contributed by atoms with Crippen molar-refractivity contribution in [2.45, 2.75) is 0 Å². The molecule has 0 aliphatic heterocycles. The van der Waals surface area contributed by atoms with Crippen molar-refractivity contribution in [3.63, 3.8) is 0 Å². The Morgan fingerprint density at radius 1 is 1.00 bits per heavy atom. The molecule has 2 aromatic carbocycles. The summed E-state index contributed by atoms with van der Waals surface area (Å²) in [7, 11) is 1.58. The van der Waals surface area contributed by atoms with Crippen molar-refractivity contribution in [3.8, 4) is 11.5 Å². The lowest BCUT2D eigenvalue weighted by Gasteiger charge is -2.04. The van der Waals surface area contributed by atoms with Crippen molar-refractivity contribution in [3.05, 3.63) is 72.8 Å². The van der Waals surface area contributed by atoms with E-state index >= 15 is 0 Å². The van der Waals surface area contributed by atoms with E-state index in [1.165, 1.54) is 6.08 Å². The molecule has 0 atom stereocenters. The minimum atomic E-state index is -0.517. The number of carbonyl (C=O) groups excluding carboxylic acids is 2. The average Bonchev–Trinajstić information content (AvgIpc) is 2.61. The van der Waals surface area contributed by atoms with Crippen molar-refractivity contribution in [1.82, 2.24) is 0 Å². The Bertz CT molecular complexity index is 746. The minimum Gasteiger partial charge on any atom is -0.497 e. The maximum atomic E-state index is 11.9. The van der Waals surface area contributed by atoms with Crippen molar-refractivity contribution in [2.75, 3.05) is 12.4 Å². The van der Waals surface area contributed by atoms with Crippen LogP contribution in [0.3, 0.4) is 0 Å². The van der Waals surface area contributed by atoms with Crippen LogP contribution in [0.25, 0.3) is 6.08 Å². The number of carbonyl (C=O) groups is 2. The van der Waals surface area contributed by atoms with E-state index in [4.69, 9.17) is 9.47 Å². The number of hydrogen-bond acceptors (Lipinski definition) is 4. The molecular formula is C19H17NO4. The standard InChI is InChI=1S/C19H17NO4/c1-3-19(22)24-17-9-4-14(5-10-17)6-13-18(21)20-15-7-11-16(23-2)12-8-15/h3-13H,1H2,2H3,(H,20,21)/b13-6+. The topological polar surface area (TPSA) is 64.6 Å². The lowest BCUT2D eigenvalue weighted by molar-refractivity contribution is -0.129. The summed E-state index contributed by atoms with van der Waals surface area (Å²) < 4.78 is 10.0. The second-order valence-electron chi connectivity index (χ2n) is 4.75. The van der Waals surface area contributed by atoms with Gasteiger partial charge < -0.3 is 14.8 Å². The second kappa shape index (κ2) is 8.33. The van der Waals surface area contributed by atoms with E-state index in [1.807, 2.05) is 0 Å². The minimum absolute atomic E-state index is 0.248. The van der Waals surface area contributed by atoms with Crippen LogP contribution in [0.5, 0.6) is 11.5 Å². The van der Waals surface area contributed by atoms with Gasteiger partial charge in [-0.1, -0.05) is 18.7 Å². The third-order valence-corrected chi connectivity index (χ3v) is 3.05. The predicted molar refractivity (Wildman–Crippen MR) is 92.9 cm³/mol. The molecule has 0 aliphatic carbocycles. The fourth-order valence-corrected chi connectivity index (χ4v) is 1.83. The quantitative estimate of drug-likeness (QED) is 0.502. The van der Waals surface area contributed by atoms with Gasteiger partial charge in [0.2, 0.25) is 5.91 Å². The smallest absolute Gasteiger partial charge is 0.335 e. The van der Waals surface area contributed by atoms with E-state index in [0.717, 1.165) is 17.4 Å². The van der Waals surface area contributed by atoms with Gasteiger partial charge in [0.25, 0.3) is 0 Å². The Morgan fingerprint density at radius 2 is 1.62 bits per heavy atom. The molecule has 0 saturated carbocycles. The molecule has 5 heteroatoms. The fourth-order valence-electron chi connectivity index (χ4n) is 1.83. The summed E-state index contributed by atoms with van der Waals surface area (Å²) in [6.07, 6.45) is 4.18. The molecule has 0 saturated heterocycles. The number of anilines is 1. The summed E-state index contributed by atoms with van der Waals surface area (Å²) in [5.74, 6) is 0.375. The fraction of sp³-hybridized carbons (Fsp3) is 0.0526. The highest BCUT2D eigenvalue weighted by Crippen LogP contribution is 2.16. The molecule has 0 bridgehead atoms. The first kappa shape index (κ1) is 17.0. The molecule has 0 radical (unpaired) electrons. The van der Waals surface area contributed by atoms with Crippen molar-refractivity contribution in [1.29, 1.82) is 0 Å². The van der Waals surface area contributed by atoms with Gasteiger partial charge >= 0.3 is 5.97 Å². The molecule has 0 heterocycles. The number of hydrogen-bond donors (Lipinski definition) is 1. The van der Waals surface area contributed by atoms with Crippen LogP contribution in [0.15, 0.2) is 67.3 Å². The van der Waals surface area contributed by atoms with Crippen LogP contribution in [0.4, 0.5) is 5.69 Å². The van der Waals surface area contributed by atoms with Gasteiger partial charge in [0.15, 0.2) is 0 Å². The van der Waals surface area contributed by atoms with Gasteiger partial charge in [-0.3, -0.25) is 4.79 Å². The van der Waals surface area contributed by atoms with Crippen LogP contribution in [-0.4, -0.2) is 19.0 Å². The SMILES string of the molecule is C=CC(=O)Oc1ccc(/C=C/C(=O)Nc2ccc(OC)cc2)cc1. The van der Waals surface area contributed by atoms with Crippen LogP contribution in [0, 0.1) is 0 Å². The van der Waals surface area contributed by atoms with E-state index < -0.39 is 5.97 Å². The summed E-state index contributed by atoms with van der Waals surface area (Å²) in [6, 6.07) is 13.8. The first-order valence-corrected chi connectivity index (χ1v) is 7.18. The molecule has 2 rings (SSSR count). The zero-order chi connectivity index (χ0) is 17.4. The Kier molecular flexibility index (Phi) is 5.91. The largest absolute Gasteiger partial charge is 0.497 e. The number of amides is 1. The first-order valence-electron chi connectivity index (χ1n) is 7.18. The number of benzene rings is 2. The zero-order valence-corrected chi connectivity index (χ0v) is 13.2. The molecule has 122 valence electrons. The van der Waals surface area contributed by atoms with Gasteiger partial charge in [0.05, 0.1) is 7.11 Å². The predicted octanol–water partition coefficient (Wildman–Crippen LogP) is 3.44. The molecule has 0 spiro atoms. The molecule has 0 unspecified atom stereocenters. The number of esters is 1. The number of rotatable bonds is 6. The number of nitrogens with one attached hydrogen (secondary N) is 1. The van der Waals surface area contributed by atoms with E-state index in [9.17, 15) is 9.59 Å². The van der Waals surface area contributed by atoms with Crippen LogP contribution in [0.1, 0.15) is 5.56 Å². The molecular weight excluding hydrogens is 306 g/mol. The summed E-state index contributed by atoms with van der Waals surface area (Å²) in [4.78, 5) is 23.0. The summed E-state index contributed by atoms with van der Waals surface area (Å²) in [5.41, 5.74) is 1.48. The lowest BCUT2D eigenvalue weighted by Crippen LogP contribution is -2.07. The highest BCUT2D eigenvalue weighted by atomic mass is 16.5. The van der Waals surface area contributed by atoms with E-state index in [1.54, 1.807) is 61.7 Å².